The summed E-state index contributed by atoms with van der Waals surface area (Å²) in [6, 6.07) is 4.45. The van der Waals surface area contributed by atoms with Crippen LogP contribution in [-0.4, -0.2) is 53.9 Å². The Kier molecular flexibility index (Phi) is 5.52. The van der Waals surface area contributed by atoms with Gasteiger partial charge in [0.2, 0.25) is 17.8 Å². The zero-order chi connectivity index (χ0) is 21.1. The van der Waals surface area contributed by atoms with Crippen LogP contribution in [0.15, 0.2) is 24.3 Å². The minimum Gasteiger partial charge on any atom is -0.368 e. The molecule has 0 atom stereocenters. The molecule has 1 saturated heterocycles. The molecule has 5 N–H and O–H groups in total. The zero-order valence-electron chi connectivity index (χ0n) is 15.1. The fourth-order valence-corrected chi connectivity index (χ4v) is 2.74. The van der Waals surface area contributed by atoms with Gasteiger partial charge in [0.1, 0.15) is 18.1 Å². The zero-order valence-corrected chi connectivity index (χ0v) is 15.1. The lowest BCUT2D eigenvalue weighted by Gasteiger charge is -2.34. The maximum atomic E-state index is 13.5. The standard InChI is InChI=1S/C17H17F2N7O3/c18-10-2-1-9(5-11(10)19)26-4-3-25(8-15(26)28)17-23-12(16(21)29)6-14(24-17)22-7-13(20)27/h1-2,5-6H,3-4,7-8H2,(H2,20,27)(H2,21,29)(H,22,23,24). The Hall–Kier alpha value is -3.83. The molecule has 2 heterocycles. The molecule has 12 heteroatoms. The lowest BCUT2D eigenvalue weighted by molar-refractivity contribution is -0.118. The highest BCUT2D eigenvalue weighted by atomic mass is 19.2. The molecule has 152 valence electrons. The molecule has 1 aliphatic heterocycles. The second-order valence-corrected chi connectivity index (χ2v) is 6.19. The number of nitrogens with two attached hydrogens (primary N) is 2. The van der Waals surface area contributed by atoms with Crippen LogP contribution < -0.4 is 26.6 Å². The first-order valence-corrected chi connectivity index (χ1v) is 8.46. The van der Waals surface area contributed by atoms with E-state index >= 15 is 0 Å². The number of hydrogen-bond acceptors (Lipinski definition) is 7. The number of nitrogens with zero attached hydrogens (tertiary/aromatic N) is 4. The van der Waals surface area contributed by atoms with E-state index in [-0.39, 0.29) is 49.3 Å². The van der Waals surface area contributed by atoms with Crippen LogP contribution in [0.5, 0.6) is 0 Å². The summed E-state index contributed by atoms with van der Waals surface area (Å²) in [5.41, 5.74) is 10.5. The predicted molar refractivity (Wildman–Crippen MR) is 99.2 cm³/mol. The van der Waals surface area contributed by atoms with Gasteiger partial charge in [-0.25, -0.2) is 13.8 Å². The third-order valence-corrected chi connectivity index (χ3v) is 4.13. The van der Waals surface area contributed by atoms with Crippen molar-refractivity contribution in [1.29, 1.82) is 0 Å². The minimum absolute atomic E-state index is 0.0477. The number of primary amides is 2. The molecule has 2 aromatic rings. The lowest BCUT2D eigenvalue weighted by Crippen LogP contribution is -2.51. The molecule has 1 fully saturated rings. The minimum atomic E-state index is -1.06. The Morgan fingerprint density at radius 1 is 1.10 bits per heavy atom. The fourth-order valence-electron chi connectivity index (χ4n) is 2.74. The van der Waals surface area contributed by atoms with Crippen molar-refractivity contribution in [3.8, 4) is 0 Å². The normalized spacial score (nSPS) is 14.1. The molecular weight excluding hydrogens is 388 g/mol. The molecule has 3 rings (SSSR count). The summed E-state index contributed by atoms with van der Waals surface area (Å²) in [4.78, 5) is 46.1. The first-order valence-electron chi connectivity index (χ1n) is 8.46. The van der Waals surface area contributed by atoms with Crippen LogP contribution in [0.1, 0.15) is 10.5 Å². The summed E-state index contributed by atoms with van der Waals surface area (Å²) in [5, 5.41) is 2.64. The van der Waals surface area contributed by atoms with Gasteiger partial charge in [-0.3, -0.25) is 14.4 Å². The molecule has 0 spiro atoms. The van der Waals surface area contributed by atoms with Gasteiger partial charge in [-0.05, 0) is 12.1 Å². The molecule has 10 nitrogen and oxygen atoms in total. The number of anilines is 3. The van der Waals surface area contributed by atoms with E-state index in [9.17, 15) is 23.2 Å². The van der Waals surface area contributed by atoms with E-state index in [0.29, 0.717) is 0 Å². The highest BCUT2D eigenvalue weighted by Crippen LogP contribution is 2.22. The monoisotopic (exact) mass is 405 g/mol. The molecule has 0 bridgehead atoms. The van der Waals surface area contributed by atoms with Gasteiger partial charge in [-0.15, -0.1) is 0 Å². The second-order valence-electron chi connectivity index (χ2n) is 6.19. The summed E-state index contributed by atoms with van der Waals surface area (Å²) in [5.74, 6) is -3.73. The van der Waals surface area contributed by atoms with Gasteiger partial charge in [0, 0.05) is 30.9 Å². The van der Waals surface area contributed by atoms with Crippen molar-refractivity contribution in [1.82, 2.24) is 9.97 Å². The SMILES string of the molecule is NC(=O)CNc1cc(C(N)=O)nc(N2CCN(c3ccc(F)c(F)c3)C(=O)C2)n1. The molecule has 0 radical (unpaired) electrons. The Balaban J connectivity index is 1.81. The Morgan fingerprint density at radius 3 is 2.48 bits per heavy atom. The Bertz CT molecular complexity index is 985. The van der Waals surface area contributed by atoms with E-state index < -0.39 is 29.4 Å². The van der Waals surface area contributed by atoms with Crippen LogP contribution in [0.2, 0.25) is 0 Å². The number of aromatic nitrogens is 2. The molecule has 1 aromatic carbocycles. The van der Waals surface area contributed by atoms with Crippen LogP contribution >= 0.6 is 0 Å². The lowest BCUT2D eigenvalue weighted by atomic mass is 10.2. The van der Waals surface area contributed by atoms with Crippen LogP contribution in [0.3, 0.4) is 0 Å². The third-order valence-electron chi connectivity index (χ3n) is 4.13. The van der Waals surface area contributed by atoms with Gasteiger partial charge in [0.25, 0.3) is 5.91 Å². The first-order chi connectivity index (χ1) is 13.7. The van der Waals surface area contributed by atoms with E-state index in [1.807, 2.05) is 0 Å². The number of hydrogen-bond donors (Lipinski definition) is 3. The van der Waals surface area contributed by atoms with Gasteiger partial charge >= 0.3 is 0 Å². The number of nitrogens with one attached hydrogen (secondary N) is 1. The van der Waals surface area contributed by atoms with Crippen molar-refractivity contribution in [3.63, 3.8) is 0 Å². The van der Waals surface area contributed by atoms with Gasteiger partial charge in [0.15, 0.2) is 11.6 Å². The predicted octanol–water partition coefficient (Wildman–Crippen LogP) is -0.396. The number of amides is 3. The first kappa shape index (κ1) is 19.9. The topological polar surface area (TPSA) is 148 Å². The largest absolute Gasteiger partial charge is 0.368 e. The van der Waals surface area contributed by atoms with E-state index in [1.165, 1.54) is 21.9 Å². The van der Waals surface area contributed by atoms with Crippen LogP contribution in [0.25, 0.3) is 0 Å². The maximum absolute atomic E-state index is 13.5. The average molecular weight is 405 g/mol. The maximum Gasteiger partial charge on any atom is 0.267 e. The number of halogens is 2. The van der Waals surface area contributed by atoms with Gasteiger partial charge < -0.3 is 26.6 Å². The van der Waals surface area contributed by atoms with Gasteiger partial charge in [0.05, 0.1) is 6.54 Å². The van der Waals surface area contributed by atoms with Crippen molar-refractivity contribution in [2.45, 2.75) is 0 Å². The van der Waals surface area contributed by atoms with Crippen molar-refractivity contribution in [3.05, 3.63) is 41.6 Å². The van der Waals surface area contributed by atoms with Crippen molar-refractivity contribution >= 4 is 35.2 Å². The van der Waals surface area contributed by atoms with Gasteiger partial charge in [-0.2, -0.15) is 4.98 Å². The summed E-state index contributed by atoms with van der Waals surface area (Å²) in [7, 11) is 0. The number of carbonyl (C=O) groups excluding carboxylic acids is 3. The molecule has 0 unspecified atom stereocenters. The van der Waals surface area contributed by atoms with Crippen LogP contribution in [-0.2, 0) is 9.59 Å². The number of rotatable bonds is 6. The average Bonchev–Trinajstić information content (AvgIpc) is 2.68. The smallest absolute Gasteiger partial charge is 0.267 e. The molecule has 3 amide bonds. The quantitative estimate of drug-likeness (QED) is 0.592. The van der Waals surface area contributed by atoms with E-state index in [0.717, 1.165) is 12.1 Å². The molecule has 1 aromatic heterocycles. The summed E-state index contributed by atoms with van der Waals surface area (Å²) in [6.45, 7) is 0.00822. The van der Waals surface area contributed by atoms with Crippen molar-refractivity contribution in [2.75, 3.05) is 41.3 Å². The van der Waals surface area contributed by atoms with Crippen molar-refractivity contribution < 1.29 is 23.2 Å². The Morgan fingerprint density at radius 2 is 1.86 bits per heavy atom. The second kappa shape index (κ2) is 8.04. The number of benzene rings is 1. The van der Waals surface area contributed by atoms with E-state index in [2.05, 4.69) is 15.3 Å². The highest BCUT2D eigenvalue weighted by Gasteiger charge is 2.28. The highest BCUT2D eigenvalue weighted by molar-refractivity contribution is 5.97. The fraction of sp³-hybridized carbons (Fsp3) is 0.235. The molecule has 0 saturated carbocycles. The van der Waals surface area contributed by atoms with E-state index in [4.69, 9.17) is 11.5 Å². The molecule has 0 aliphatic carbocycles. The summed E-state index contributed by atoms with van der Waals surface area (Å²) in [6.07, 6.45) is 0. The third kappa shape index (κ3) is 4.54. The molecule has 29 heavy (non-hydrogen) atoms. The summed E-state index contributed by atoms with van der Waals surface area (Å²) >= 11 is 0. The summed E-state index contributed by atoms with van der Waals surface area (Å²) < 4.78 is 26.6. The van der Waals surface area contributed by atoms with Crippen molar-refractivity contribution in [2.24, 2.45) is 11.5 Å². The Labute approximate surface area is 163 Å². The number of piperazine rings is 1. The van der Waals surface area contributed by atoms with Crippen LogP contribution in [0.4, 0.5) is 26.2 Å². The molecular formula is C17H17F2N7O3. The number of carbonyl (C=O) groups is 3. The van der Waals surface area contributed by atoms with Gasteiger partial charge in [-0.1, -0.05) is 0 Å². The molecule has 1 aliphatic rings. The van der Waals surface area contributed by atoms with E-state index in [1.54, 1.807) is 0 Å². The van der Waals surface area contributed by atoms with Crippen LogP contribution in [0, 0.1) is 11.6 Å².